The van der Waals surface area contributed by atoms with Crippen molar-refractivity contribution in [3.63, 3.8) is 0 Å². The molecule has 1 aromatic rings. The molecule has 22 heavy (non-hydrogen) atoms. The predicted octanol–water partition coefficient (Wildman–Crippen LogP) is 1.63. The highest BCUT2D eigenvalue weighted by molar-refractivity contribution is 5.78. The Morgan fingerprint density at radius 1 is 1.45 bits per heavy atom. The minimum atomic E-state index is 0.0626. The number of benzene rings is 1. The number of likely N-dealkylation sites (tertiary alicyclic amines) is 1. The fourth-order valence-corrected chi connectivity index (χ4v) is 2.77. The van der Waals surface area contributed by atoms with Gasteiger partial charge in [-0.05, 0) is 50.6 Å². The molecule has 0 spiro atoms. The minimum Gasteiger partial charge on any atom is -0.399 e. The first-order valence-corrected chi connectivity index (χ1v) is 7.95. The summed E-state index contributed by atoms with van der Waals surface area (Å²) in [6, 6.07) is 8.01. The predicted molar refractivity (Wildman–Crippen MR) is 88.3 cm³/mol. The molecule has 1 amide bonds. The number of carbonyl (C=O) groups excluding carboxylic acids is 1. The molecule has 2 rings (SSSR count). The van der Waals surface area contributed by atoms with Crippen molar-refractivity contribution in [2.45, 2.75) is 32.4 Å². The number of carbonyl (C=O) groups is 1. The van der Waals surface area contributed by atoms with Gasteiger partial charge in [-0.2, -0.15) is 0 Å². The fraction of sp³-hybridized carbons (Fsp3) is 0.588. The lowest BCUT2D eigenvalue weighted by atomic mass is 9.95. The molecule has 1 unspecified atom stereocenters. The van der Waals surface area contributed by atoms with Crippen LogP contribution in [0.25, 0.3) is 0 Å². The molecule has 1 fully saturated rings. The summed E-state index contributed by atoms with van der Waals surface area (Å²) in [4.78, 5) is 14.5. The monoisotopic (exact) mass is 305 g/mol. The van der Waals surface area contributed by atoms with Crippen LogP contribution in [0.3, 0.4) is 0 Å². The second kappa shape index (κ2) is 8.15. The Morgan fingerprint density at radius 3 is 2.82 bits per heavy atom. The second-order valence-electron chi connectivity index (χ2n) is 6.09. The van der Waals surface area contributed by atoms with Crippen molar-refractivity contribution in [1.82, 2.24) is 10.2 Å². The Morgan fingerprint density at radius 2 is 2.18 bits per heavy atom. The topological polar surface area (TPSA) is 67.6 Å². The zero-order valence-corrected chi connectivity index (χ0v) is 13.5. The number of ether oxygens (including phenoxy) is 1. The molecule has 5 heteroatoms. The molecule has 0 saturated carbocycles. The fourth-order valence-electron chi connectivity index (χ4n) is 2.77. The standard InChI is InChI=1S/C17H27N3O2/c1-13(22-2)11-19-17(21)15-6-8-20(9-7-15)12-14-4-3-5-16(18)10-14/h3-5,10,13,15H,6-9,11-12,18H2,1-2H3,(H,19,21). The first kappa shape index (κ1) is 16.8. The Kier molecular flexibility index (Phi) is 6.21. The van der Waals surface area contributed by atoms with Crippen LogP contribution in [-0.2, 0) is 16.1 Å². The van der Waals surface area contributed by atoms with Gasteiger partial charge >= 0.3 is 0 Å². The first-order chi connectivity index (χ1) is 10.6. The lowest BCUT2D eigenvalue weighted by molar-refractivity contribution is -0.127. The molecule has 1 aliphatic heterocycles. The molecule has 3 N–H and O–H groups in total. The zero-order chi connectivity index (χ0) is 15.9. The van der Waals surface area contributed by atoms with Crippen LogP contribution in [0, 0.1) is 5.92 Å². The van der Waals surface area contributed by atoms with Crippen LogP contribution in [0.2, 0.25) is 0 Å². The average molecular weight is 305 g/mol. The van der Waals surface area contributed by atoms with E-state index in [4.69, 9.17) is 10.5 Å². The van der Waals surface area contributed by atoms with Gasteiger partial charge in [-0.1, -0.05) is 12.1 Å². The van der Waals surface area contributed by atoms with Gasteiger partial charge in [0.15, 0.2) is 0 Å². The minimum absolute atomic E-state index is 0.0626. The third-order valence-corrected chi connectivity index (χ3v) is 4.28. The van der Waals surface area contributed by atoms with Gasteiger partial charge in [-0.25, -0.2) is 0 Å². The second-order valence-corrected chi connectivity index (χ2v) is 6.09. The van der Waals surface area contributed by atoms with Gasteiger partial charge in [0.2, 0.25) is 5.91 Å². The molecule has 122 valence electrons. The summed E-state index contributed by atoms with van der Waals surface area (Å²) in [6.45, 7) is 5.34. The molecule has 1 atom stereocenters. The summed E-state index contributed by atoms with van der Waals surface area (Å²) >= 11 is 0. The molecular formula is C17H27N3O2. The highest BCUT2D eigenvalue weighted by Crippen LogP contribution is 2.19. The van der Waals surface area contributed by atoms with Crippen LogP contribution in [0.1, 0.15) is 25.3 Å². The van der Waals surface area contributed by atoms with E-state index in [-0.39, 0.29) is 17.9 Å². The van der Waals surface area contributed by atoms with Crippen LogP contribution in [0.5, 0.6) is 0 Å². The number of nitrogens with two attached hydrogens (primary N) is 1. The lowest BCUT2D eigenvalue weighted by Gasteiger charge is -2.31. The Bertz CT molecular complexity index is 485. The first-order valence-electron chi connectivity index (χ1n) is 7.95. The van der Waals surface area contributed by atoms with Crippen molar-refractivity contribution < 1.29 is 9.53 Å². The number of rotatable bonds is 6. The number of hydrogen-bond acceptors (Lipinski definition) is 4. The van der Waals surface area contributed by atoms with Crippen LogP contribution < -0.4 is 11.1 Å². The average Bonchev–Trinajstić information content (AvgIpc) is 2.53. The van der Waals surface area contributed by atoms with Crippen LogP contribution in [-0.4, -0.2) is 43.7 Å². The van der Waals surface area contributed by atoms with E-state index in [2.05, 4.69) is 16.3 Å². The summed E-state index contributed by atoms with van der Waals surface area (Å²) in [5.74, 6) is 0.286. The number of anilines is 1. The Labute approximate surface area is 132 Å². The van der Waals surface area contributed by atoms with E-state index in [1.165, 1.54) is 5.56 Å². The van der Waals surface area contributed by atoms with Crippen LogP contribution >= 0.6 is 0 Å². The number of nitrogens with one attached hydrogen (secondary N) is 1. The molecule has 1 aliphatic rings. The number of hydrogen-bond donors (Lipinski definition) is 2. The number of nitrogens with zero attached hydrogens (tertiary/aromatic N) is 1. The van der Waals surface area contributed by atoms with Gasteiger partial charge in [0.05, 0.1) is 6.10 Å². The largest absolute Gasteiger partial charge is 0.399 e. The van der Waals surface area contributed by atoms with Crippen molar-refractivity contribution >= 4 is 11.6 Å². The van der Waals surface area contributed by atoms with Gasteiger partial charge in [0.25, 0.3) is 0 Å². The van der Waals surface area contributed by atoms with E-state index in [0.717, 1.165) is 38.2 Å². The van der Waals surface area contributed by atoms with E-state index >= 15 is 0 Å². The maximum absolute atomic E-state index is 12.1. The normalized spacial score (nSPS) is 18.1. The lowest BCUT2D eigenvalue weighted by Crippen LogP contribution is -2.42. The summed E-state index contributed by atoms with van der Waals surface area (Å²) in [5.41, 5.74) is 7.85. The molecule has 0 aromatic heterocycles. The van der Waals surface area contributed by atoms with Crippen molar-refractivity contribution in [3.05, 3.63) is 29.8 Å². The zero-order valence-electron chi connectivity index (χ0n) is 13.5. The molecular weight excluding hydrogens is 278 g/mol. The van der Waals surface area contributed by atoms with Gasteiger partial charge < -0.3 is 15.8 Å². The summed E-state index contributed by atoms with van der Waals surface area (Å²) in [6.07, 6.45) is 1.89. The maximum atomic E-state index is 12.1. The van der Waals surface area contributed by atoms with E-state index in [0.29, 0.717) is 6.54 Å². The van der Waals surface area contributed by atoms with Gasteiger partial charge in [0.1, 0.15) is 0 Å². The number of nitrogen functional groups attached to an aromatic ring is 1. The van der Waals surface area contributed by atoms with Crippen molar-refractivity contribution in [1.29, 1.82) is 0 Å². The molecule has 1 saturated heterocycles. The van der Waals surface area contributed by atoms with Gasteiger partial charge in [-0.15, -0.1) is 0 Å². The smallest absolute Gasteiger partial charge is 0.223 e. The van der Waals surface area contributed by atoms with Gasteiger partial charge in [-0.3, -0.25) is 9.69 Å². The number of piperidine rings is 1. The van der Waals surface area contributed by atoms with Crippen LogP contribution in [0.15, 0.2) is 24.3 Å². The van der Waals surface area contributed by atoms with Crippen molar-refractivity contribution in [2.24, 2.45) is 5.92 Å². The summed E-state index contributed by atoms with van der Waals surface area (Å²) < 4.78 is 5.15. The number of methoxy groups -OCH3 is 1. The molecule has 5 nitrogen and oxygen atoms in total. The van der Waals surface area contributed by atoms with Crippen molar-refractivity contribution in [2.75, 3.05) is 32.5 Å². The van der Waals surface area contributed by atoms with Gasteiger partial charge in [0, 0.05) is 31.8 Å². The summed E-state index contributed by atoms with van der Waals surface area (Å²) in [7, 11) is 1.66. The highest BCUT2D eigenvalue weighted by Gasteiger charge is 2.25. The van der Waals surface area contributed by atoms with E-state index in [1.807, 2.05) is 25.1 Å². The highest BCUT2D eigenvalue weighted by atomic mass is 16.5. The Hall–Kier alpha value is -1.59. The molecule has 0 aliphatic carbocycles. The van der Waals surface area contributed by atoms with E-state index in [9.17, 15) is 4.79 Å². The number of amides is 1. The molecule has 0 bridgehead atoms. The Balaban J connectivity index is 1.74. The summed E-state index contributed by atoms with van der Waals surface area (Å²) in [5, 5.41) is 2.98. The molecule has 1 heterocycles. The van der Waals surface area contributed by atoms with E-state index < -0.39 is 0 Å². The van der Waals surface area contributed by atoms with E-state index in [1.54, 1.807) is 7.11 Å². The SMILES string of the molecule is COC(C)CNC(=O)C1CCN(Cc2cccc(N)c2)CC1. The van der Waals surface area contributed by atoms with Crippen molar-refractivity contribution in [3.8, 4) is 0 Å². The maximum Gasteiger partial charge on any atom is 0.223 e. The molecule has 1 aromatic carbocycles. The third-order valence-electron chi connectivity index (χ3n) is 4.28. The quantitative estimate of drug-likeness (QED) is 0.784. The van der Waals surface area contributed by atoms with Crippen LogP contribution in [0.4, 0.5) is 5.69 Å². The third kappa shape index (κ3) is 5.00. The molecule has 0 radical (unpaired) electrons.